The van der Waals surface area contributed by atoms with Gasteiger partial charge < -0.3 is 13.9 Å². The van der Waals surface area contributed by atoms with Crippen molar-refractivity contribution in [3.63, 3.8) is 0 Å². The maximum Gasteiger partial charge on any atom is 0.356 e. The van der Waals surface area contributed by atoms with Crippen LogP contribution in [-0.2, 0) is 9.47 Å². The van der Waals surface area contributed by atoms with Crippen LogP contribution in [0.3, 0.4) is 0 Å². The highest BCUT2D eigenvalue weighted by Crippen LogP contribution is 2.35. The number of esters is 2. The highest BCUT2D eigenvalue weighted by atomic mass is 79.9. The lowest BCUT2D eigenvalue weighted by Crippen LogP contribution is -2.15. The standard InChI is InChI=1S/C22H16BrNO6/c1-11-8-9-12(10-15(11)23)24-17-13-6-4-5-7-14(13)20(25)30-19(17)16(21(26)28-2)18(24)22(27)29-3/h4-10H,1-3H3. The molecular formula is C22H16BrNO6. The Morgan fingerprint density at radius 3 is 2.30 bits per heavy atom. The number of aromatic nitrogens is 1. The van der Waals surface area contributed by atoms with Crippen LogP contribution in [0, 0.1) is 6.92 Å². The fourth-order valence-corrected chi connectivity index (χ4v) is 3.84. The fraction of sp³-hybridized carbons (Fsp3) is 0.136. The number of carbonyl (C=O) groups is 2. The van der Waals surface area contributed by atoms with Gasteiger partial charge in [0.05, 0.1) is 25.1 Å². The Morgan fingerprint density at radius 2 is 1.67 bits per heavy atom. The first-order valence-corrected chi connectivity index (χ1v) is 9.71. The molecule has 0 radical (unpaired) electrons. The number of benzene rings is 2. The van der Waals surface area contributed by atoms with Crippen LogP contribution < -0.4 is 5.63 Å². The Labute approximate surface area is 178 Å². The summed E-state index contributed by atoms with van der Waals surface area (Å²) >= 11 is 3.50. The van der Waals surface area contributed by atoms with E-state index >= 15 is 0 Å². The van der Waals surface area contributed by atoms with Gasteiger partial charge in [-0.05, 0) is 30.7 Å². The fourth-order valence-electron chi connectivity index (χ4n) is 3.47. The lowest BCUT2D eigenvalue weighted by molar-refractivity contribution is 0.0550. The molecule has 7 nitrogen and oxygen atoms in total. The molecule has 0 amide bonds. The van der Waals surface area contributed by atoms with Crippen molar-refractivity contribution in [2.24, 2.45) is 0 Å². The summed E-state index contributed by atoms with van der Waals surface area (Å²) in [6, 6.07) is 12.3. The number of hydrogen-bond donors (Lipinski definition) is 0. The number of fused-ring (bicyclic) bond motifs is 3. The van der Waals surface area contributed by atoms with Crippen LogP contribution in [0.4, 0.5) is 0 Å². The largest absolute Gasteiger partial charge is 0.465 e. The second kappa shape index (κ2) is 7.46. The summed E-state index contributed by atoms with van der Waals surface area (Å²) in [5.41, 5.74) is 1.03. The summed E-state index contributed by atoms with van der Waals surface area (Å²) in [6.07, 6.45) is 0. The van der Waals surface area contributed by atoms with E-state index in [0.717, 1.165) is 10.0 Å². The van der Waals surface area contributed by atoms with Gasteiger partial charge in [0.1, 0.15) is 5.56 Å². The first kappa shape index (κ1) is 19.9. The molecule has 0 fully saturated rings. The van der Waals surface area contributed by atoms with E-state index in [4.69, 9.17) is 13.9 Å². The quantitative estimate of drug-likeness (QED) is 0.413. The van der Waals surface area contributed by atoms with Gasteiger partial charge in [-0.1, -0.05) is 40.2 Å². The van der Waals surface area contributed by atoms with Gasteiger partial charge >= 0.3 is 17.6 Å². The maximum atomic E-state index is 12.8. The van der Waals surface area contributed by atoms with Crippen LogP contribution in [0.1, 0.15) is 26.4 Å². The van der Waals surface area contributed by atoms with Crippen LogP contribution in [0.25, 0.3) is 27.6 Å². The van der Waals surface area contributed by atoms with Crippen molar-refractivity contribution in [2.75, 3.05) is 14.2 Å². The molecule has 8 heteroatoms. The third-order valence-corrected chi connectivity index (χ3v) is 5.76. The Kier molecular flexibility index (Phi) is 4.95. The van der Waals surface area contributed by atoms with E-state index in [1.54, 1.807) is 34.9 Å². The Balaban J connectivity index is 2.32. The molecule has 2 heterocycles. The molecule has 0 unspecified atom stereocenters. The van der Waals surface area contributed by atoms with Crippen molar-refractivity contribution >= 4 is 49.7 Å². The summed E-state index contributed by atoms with van der Waals surface area (Å²) in [7, 11) is 2.40. The van der Waals surface area contributed by atoms with Crippen molar-refractivity contribution in [1.29, 1.82) is 0 Å². The summed E-state index contributed by atoms with van der Waals surface area (Å²) in [5.74, 6) is -1.58. The zero-order valence-electron chi connectivity index (χ0n) is 16.3. The van der Waals surface area contributed by atoms with Crippen LogP contribution in [0.5, 0.6) is 0 Å². The number of rotatable bonds is 3. The minimum Gasteiger partial charge on any atom is -0.465 e. The van der Waals surface area contributed by atoms with Gasteiger partial charge in [-0.3, -0.25) is 4.57 Å². The Morgan fingerprint density at radius 1 is 1.00 bits per heavy atom. The lowest BCUT2D eigenvalue weighted by Gasteiger charge is -2.12. The van der Waals surface area contributed by atoms with Crippen molar-refractivity contribution in [1.82, 2.24) is 4.57 Å². The monoisotopic (exact) mass is 469 g/mol. The lowest BCUT2D eigenvalue weighted by atomic mass is 10.1. The topological polar surface area (TPSA) is 87.7 Å². The number of nitrogens with zero attached hydrogens (tertiary/aromatic N) is 1. The molecule has 152 valence electrons. The van der Waals surface area contributed by atoms with E-state index in [9.17, 15) is 14.4 Å². The van der Waals surface area contributed by atoms with E-state index in [-0.39, 0.29) is 16.8 Å². The van der Waals surface area contributed by atoms with Crippen LogP contribution in [-0.4, -0.2) is 30.7 Å². The van der Waals surface area contributed by atoms with Gasteiger partial charge in [0.2, 0.25) is 0 Å². The average molecular weight is 470 g/mol. The number of methoxy groups -OCH3 is 2. The van der Waals surface area contributed by atoms with E-state index in [2.05, 4.69) is 15.9 Å². The Hall–Kier alpha value is -3.39. The molecule has 4 aromatic rings. The summed E-state index contributed by atoms with van der Waals surface area (Å²) < 4.78 is 17.7. The first-order valence-electron chi connectivity index (χ1n) is 8.92. The van der Waals surface area contributed by atoms with Crippen molar-refractivity contribution < 1.29 is 23.5 Å². The molecular weight excluding hydrogens is 454 g/mol. The third-order valence-electron chi connectivity index (χ3n) is 4.90. The van der Waals surface area contributed by atoms with E-state index < -0.39 is 17.6 Å². The predicted octanol–water partition coefficient (Wildman–Crippen LogP) is 4.38. The minimum atomic E-state index is -0.816. The first-order chi connectivity index (χ1) is 14.4. The highest BCUT2D eigenvalue weighted by molar-refractivity contribution is 9.10. The molecule has 0 bridgehead atoms. The summed E-state index contributed by atoms with van der Waals surface area (Å²) in [6.45, 7) is 1.93. The zero-order chi connectivity index (χ0) is 21.6. The maximum absolute atomic E-state index is 12.8. The van der Waals surface area contributed by atoms with Gasteiger partial charge in [0, 0.05) is 15.5 Å². The molecule has 0 N–H and O–H groups in total. The molecule has 4 rings (SSSR count). The third kappa shape index (κ3) is 2.91. The molecule has 2 aromatic carbocycles. The van der Waals surface area contributed by atoms with Crippen molar-refractivity contribution in [3.05, 3.63) is 74.2 Å². The normalized spacial score (nSPS) is 11.1. The summed E-state index contributed by atoms with van der Waals surface area (Å²) in [4.78, 5) is 38.1. The number of hydrogen-bond acceptors (Lipinski definition) is 6. The van der Waals surface area contributed by atoms with Gasteiger partial charge in [-0.2, -0.15) is 0 Å². The SMILES string of the molecule is COC(=O)c1c(C(=O)OC)n(-c2ccc(C)c(Br)c2)c2c1oc(=O)c1ccccc12. The molecule has 2 aromatic heterocycles. The van der Waals surface area contributed by atoms with E-state index in [0.29, 0.717) is 22.0 Å². The van der Waals surface area contributed by atoms with Crippen molar-refractivity contribution in [3.8, 4) is 5.69 Å². The van der Waals surface area contributed by atoms with Crippen LogP contribution in [0.15, 0.2) is 56.1 Å². The smallest absolute Gasteiger partial charge is 0.356 e. The van der Waals surface area contributed by atoms with Gasteiger partial charge in [-0.25, -0.2) is 14.4 Å². The molecule has 0 saturated heterocycles. The molecule has 0 aliphatic carbocycles. The Bertz CT molecular complexity index is 1400. The molecule has 30 heavy (non-hydrogen) atoms. The molecule has 0 saturated carbocycles. The molecule has 0 spiro atoms. The second-order valence-corrected chi connectivity index (χ2v) is 7.44. The number of aryl methyl sites for hydroxylation is 1. The second-order valence-electron chi connectivity index (χ2n) is 6.59. The molecule has 0 aliphatic heterocycles. The minimum absolute atomic E-state index is 0.0392. The van der Waals surface area contributed by atoms with Gasteiger partial charge in [0.25, 0.3) is 0 Å². The average Bonchev–Trinajstić information content (AvgIpc) is 3.09. The summed E-state index contributed by atoms with van der Waals surface area (Å²) in [5, 5.41) is 0.850. The van der Waals surface area contributed by atoms with Crippen LogP contribution >= 0.6 is 15.9 Å². The van der Waals surface area contributed by atoms with Gasteiger partial charge in [-0.15, -0.1) is 0 Å². The number of halogens is 1. The van der Waals surface area contributed by atoms with Gasteiger partial charge in [0.15, 0.2) is 11.3 Å². The van der Waals surface area contributed by atoms with E-state index in [1.165, 1.54) is 14.2 Å². The zero-order valence-corrected chi connectivity index (χ0v) is 17.9. The van der Waals surface area contributed by atoms with Crippen molar-refractivity contribution in [2.45, 2.75) is 6.92 Å². The molecule has 0 aliphatic rings. The van der Waals surface area contributed by atoms with Crippen LogP contribution in [0.2, 0.25) is 0 Å². The predicted molar refractivity (Wildman–Crippen MR) is 114 cm³/mol. The molecule has 0 atom stereocenters. The highest BCUT2D eigenvalue weighted by Gasteiger charge is 2.33. The number of ether oxygens (including phenoxy) is 2. The van der Waals surface area contributed by atoms with E-state index in [1.807, 2.05) is 19.1 Å². The number of carbonyl (C=O) groups excluding carboxylic acids is 2.